The zero-order valence-electron chi connectivity index (χ0n) is 16.6. The molecule has 0 unspecified atom stereocenters. The largest absolute Gasteiger partial charge is 0.447 e. The summed E-state index contributed by atoms with van der Waals surface area (Å²) >= 11 is 0. The van der Waals surface area contributed by atoms with Crippen LogP contribution < -0.4 is 0 Å². The lowest BCUT2D eigenvalue weighted by Gasteiger charge is -2.34. The number of nitrogens with zero attached hydrogens (tertiary/aromatic N) is 5. The Morgan fingerprint density at radius 1 is 1.10 bits per heavy atom. The van der Waals surface area contributed by atoms with E-state index in [1.165, 1.54) is 11.8 Å². The minimum atomic E-state index is -0.165. The standard InChI is InChI=1S/C21H26N6O2/c1-25(14-18-7-8-22-24-18)21(28)19-16-29-20(23-19)15-27-11-9-26(10-12-27)13-17-5-3-2-4-6-17/h2-8,16H,9-15H2,1H3,(H,22,24). The number of aromatic nitrogens is 3. The Hall–Kier alpha value is -2.97. The molecule has 4 rings (SSSR count). The molecule has 3 aromatic rings. The van der Waals surface area contributed by atoms with Crippen molar-refractivity contribution in [2.45, 2.75) is 19.6 Å². The Labute approximate surface area is 170 Å². The molecule has 1 amide bonds. The van der Waals surface area contributed by atoms with Crippen molar-refractivity contribution in [3.63, 3.8) is 0 Å². The SMILES string of the molecule is CN(Cc1ccn[nH]1)C(=O)c1coc(CN2CCN(Cc3ccccc3)CC2)n1. The lowest BCUT2D eigenvalue weighted by Crippen LogP contribution is -2.45. The summed E-state index contributed by atoms with van der Waals surface area (Å²) in [5.41, 5.74) is 2.55. The maximum atomic E-state index is 12.5. The molecule has 1 N–H and O–H groups in total. The van der Waals surface area contributed by atoms with Crippen LogP contribution in [0, 0.1) is 0 Å². The number of H-pyrrole nitrogens is 1. The fourth-order valence-corrected chi connectivity index (χ4v) is 3.52. The number of hydrogen-bond acceptors (Lipinski definition) is 6. The number of nitrogens with one attached hydrogen (secondary N) is 1. The van der Waals surface area contributed by atoms with E-state index in [0.717, 1.165) is 38.4 Å². The van der Waals surface area contributed by atoms with E-state index >= 15 is 0 Å². The molecule has 0 atom stereocenters. The molecule has 152 valence electrons. The Morgan fingerprint density at radius 3 is 2.52 bits per heavy atom. The van der Waals surface area contributed by atoms with Crippen molar-refractivity contribution in [2.24, 2.45) is 0 Å². The van der Waals surface area contributed by atoms with Gasteiger partial charge in [-0.2, -0.15) is 5.10 Å². The Bertz CT molecular complexity index is 900. The monoisotopic (exact) mass is 394 g/mol. The predicted octanol–water partition coefficient (Wildman–Crippen LogP) is 1.99. The van der Waals surface area contributed by atoms with Crippen LogP contribution >= 0.6 is 0 Å². The van der Waals surface area contributed by atoms with Gasteiger partial charge in [-0.3, -0.25) is 19.7 Å². The first-order chi connectivity index (χ1) is 14.2. The van der Waals surface area contributed by atoms with Crippen molar-refractivity contribution in [2.75, 3.05) is 33.2 Å². The second kappa shape index (κ2) is 9.02. The molecule has 1 aliphatic heterocycles. The quantitative estimate of drug-likeness (QED) is 0.660. The highest BCUT2D eigenvalue weighted by Gasteiger charge is 2.21. The molecule has 29 heavy (non-hydrogen) atoms. The number of hydrogen-bond donors (Lipinski definition) is 1. The van der Waals surface area contributed by atoms with Crippen LogP contribution in [0.4, 0.5) is 0 Å². The van der Waals surface area contributed by atoms with Gasteiger partial charge < -0.3 is 9.32 Å². The molecule has 2 aromatic heterocycles. The summed E-state index contributed by atoms with van der Waals surface area (Å²) in [6.45, 7) is 5.98. The first-order valence-corrected chi connectivity index (χ1v) is 9.84. The molecule has 8 nitrogen and oxygen atoms in total. The third kappa shape index (κ3) is 5.10. The molecule has 8 heteroatoms. The molecule has 0 radical (unpaired) electrons. The first-order valence-electron chi connectivity index (χ1n) is 9.84. The highest BCUT2D eigenvalue weighted by atomic mass is 16.3. The normalized spacial score (nSPS) is 15.5. The van der Waals surface area contributed by atoms with Gasteiger partial charge in [0, 0.05) is 46.0 Å². The van der Waals surface area contributed by atoms with Gasteiger partial charge in [-0.05, 0) is 11.6 Å². The van der Waals surface area contributed by atoms with Crippen molar-refractivity contribution in [1.29, 1.82) is 0 Å². The Balaban J connectivity index is 1.26. The second-order valence-electron chi connectivity index (χ2n) is 7.41. The van der Waals surface area contributed by atoms with Crippen molar-refractivity contribution in [3.05, 3.63) is 71.7 Å². The minimum Gasteiger partial charge on any atom is -0.447 e. The number of rotatable bonds is 7. The molecule has 1 aliphatic rings. The van der Waals surface area contributed by atoms with Gasteiger partial charge >= 0.3 is 0 Å². The summed E-state index contributed by atoms with van der Waals surface area (Å²) in [6.07, 6.45) is 3.12. The molecular weight excluding hydrogens is 368 g/mol. The lowest BCUT2D eigenvalue weighted by atomic mass is 10.2. The maximum Gasteiger partial charge on any atom is 0.275 e. The van der Waals surface area contributed by atoms with E-state index in [9.17, 15) is 4.79 Å². The molecule has 3 heterocycles. The zero-order chi connectivity index (χ0) is 20.1. The number of aromatic amines is 1. The van der Waals surface area contributed by atoms with Crippen LogP contribution in [0.1, 0.15) is 27.6 Å². The summed E-state index contributed by atoms with van der Waals surface area (Å²) < 4.78 is 5.56. The maximum absolute atomic E-state index is 12.5. The molecule has 1 fully saturated rings. The van der Waals surface area contributed by atoms with E-state index < -0.39 is 0 Å². The summed E-state index contributed by atoms with van der Waals surface area (Å²) in [5, 5.41) is 6.75. The van der Waals surface area contributed by atoms with Crippen LogP contribution in [0.15, 0.2) is 53.3 Å². The lowest BCUT2D eigenvalue weighted by molar-refractivity contribution is 0.0777. The Morgan fingerprint density at radius 2 is 1.83 bits per heavy atom. The Kier molecular flexibility index (Phi) is 6.02. The summed E-state index contributed by atoms with van der Waals surface area (Å²) in [6, 6.07) is 12.4. The molecule has 1 saturated heterocycles. The van der Waals surface area contributed by atoms with Crippen LogP contribution in [0.25, 0.3) is 0 Å². The molecule has 0 aliphatic carbocycles. The highest BCUT2D eigenvalue weighted by molar-refractivity contribution is 5.91. The van der Waals surface area contributed by atoms with E-state index in [1.54, 1.807) is 18.1 Å². The molecule has 0 bridgehead atoms. The van der Waals surface area contributed by atoms with Gasteiger partial charge in [-0.1, -0.05) is 30.3 Å². The first kappa shape index (κ1) is 19.4. The zero-order valence-corrected chi connectivity index (χ0v) is 16.6. The van der Waals surface area contributed by atoms with Gasteiger partial charge in [0.2, 0.25) is 5.89 Å². The number of amides is 1. The van der Waals surface area contributed by atoms with Gasteiger partial charge in [0.25, 0.3) is 5.91 Å². The summed E-state index contributed by atoms with van der Waals surface area (Å²) in [4.78, 5) is 23.3. The second-order valence-corrected chi connectivity index (χ2v) is 7.41. The molecule has 0 spiro atoms. The van der Waals surface area contributed by atoms with E-state index in [-0.39, 0.29) is 5.91 Å². The van der Waals surface area contributed by atoms with Crippen LogP contribution in [-0.2, 0) is 19.6 Å². The van der Waals surface area contributed by atoms with Crippen LogP contribution in [0.5, 0.6) is 0 Å². The van der Waals surface area contributed by atoms with Gasteiger partial charge in [-0.15, -0.1) is 0 Å². The number of carbonyl (C=O) groups excluding carboxylic acids is 1. The van der Waals surface area contributed by atoms with Crippen LogP contribution in [0.2, 0.25) is 0 Å². The van der Waals surface area contributed by atoms with Crippen LogP contribution in [0.3, 0.4) is 0 Å². The molecule has 1 aromatic carbocycles. The predicted molar refractivity (Wildman–Crippen MR) is 108 cm³/mol. The summed E-state index contributed by atoms with van der Waals surface area (Å²) in [7, 11) is 1.74. The van der Waals surface area contributed by atoms with Gasteiger partial charge in [0.05, 0.1) is 18.8 Å². The number of carbonyl (C=O) groups is 1. The van der Waals surface area contributed by atoms with Crippen molar-refractivity contribution in [3.8, 4) is 0 Å². The topological polar surface area (TPSA) is 81.5 Å². The van der Waals surface area contributed by atoms with E-state index in [1.807, 2.05) is 12.1 Å². The number of piperazine rings is 1. The van der Waals surface area contributed by atoms with Gasteiger partial charge in [0.1, 0.15) is 6.26 Å². The van der Waals surface area contributed by atoms with Crippen molar-refractivity contribution < 1.29 is 9.21 Å². The van der Waals surface area contributed by atoms with E-state index in [4.69, 9.17) is 4.42 Å². The van der Waals surface area contributed by atoms with E-state index in [2.05, 4.69) is 49.2 Å². The van der Waals surface area contributed by atoms with Crippen molar-refractivity contribution >= 4 is 5.91 Å². The fraction of sp³-hybridized carbons (Fsp3) is 0.381. The average Bonchev–Trinajstić information content (AvgIpc) is 3.42. The third-order valence-corrected chi connectivity index (χ3v) is 5.16. The smallest absolute Gasteiger partial charge is 0.275 e. The molecule has 0 saturated carbocycles. The van der Waals surface area contributed by atoms with Crippen molar-refractivity contribution in [1.82, 2.24) is 29.9 Å². The highest BCUT2D eigenvalue weighted by Crippen LogP contribution is 2.13. The van der Waals surface area contributed by atoms with Crippen LogP contribution in [-0.4, -0.2) is 69.0 Å². The number of oxazole rings is 1. The average molecular weight is 394 g/mol. The molecular formula is C21H26N6O2. The fourth-order valence-electron chi connectivity index (χ4n) is 3.52. The minimum absolute atomic E-state index is 0.165. The van der Waals surface area contributed by atoms with Gasteiger partial charge in [-0.25, -0.2) is 4.98 Å². The van der Waals surface area contributed by atoms with Gasteiger partial charge in [0.15, 0.2) is 5.69 Å². The summed E-state index contributed by atoms with van der Waals surface area (Å²) in [5.74, 6) is 0.419. The number of benzene rings is 1. The van der Waals surface area contributed by atoms with E-state index in [0.29, 0.717) is 24.7 Å². The third-order valence-electron chi connectivity index (χ3n) is 5.16.